The first-order valence-electron chi connectivity index (χ1n) is 11.2. The van der Waals surface area contributed by atoms with Crippen molar-refractivity contribution < 1.29 is 0 Å². The Bertz CT molecular complexity index is 1630. The summed E-state index contributed by atoms with van der Waals surface area (Å²) in [6.45, 7) is 3.39. The van der Waals surface area contributed by atoms with E-state index in [9.17, 15) is 0 Å². The van der Waals surface area contributed by atoms with Gasteiger partial charge in [-0.25, -0.2) is 15.0 Å². The molecule has 0 unspecified atom stereocenters. The lowest BCUT2D eigenvalue weighted by Gasteiger charge is -2.09. The molecule has 0 bridgehead atoms. The molecule has 0 fully saturated rings. The summed E-state index contributed by atoms with van der Waals surface area (Å²) in [7, 11) is 0. The lowest BCUT2D eigenvalue weighted by Crippen LogP contribution is -2.08. The van der Waals surface area contributed by atoms with Gasteiger partial charge in [0.15, 0.2) is 11.5 Å². The molecule has 7 nitrogen and oxygen atoms in total. The maximum Gasteiger partial charge on any atom is 0.226 e. The summed E-state index contributed by atoms with van der Waals surface area (Å²) in [5.74, 6) is 2.42. The summed E-state index contributed by atoms with van der Waals surface area (Å²) in [5.41, 5.74) is 4.92. The smallest absolute Gasteiger partial charge is 0.226 e. The van der Waals surface area contributed by atoms with Gasteiger partial charge in [-0.3, -0.25) is 0 Å². The van der Waals surface area contributed by atoms with Crippen LogP contribution < -0.4 is 5.32 Å². The average Bonchev–Trinajstić information content (AvgIpc) is 3.43. The van der Waals surface area contributed by atoms with Crippen molar-refractivity contribution in [3.63, 3.8) is 0 Å². The molecule has 8 heteroatoms. The molecule has 34 heavy (non-hydrogen) atoms. The molecule has 6 aromatic rings. The quantitative estimate of drug-likeness (QED) is 0.353. The van der Waals surface area contributed by atoms with Crippen molar-refractivity contribution in [2.75, 3.05) is 5.32 Å². The largest absolute Gasteiger partial charge is 0.350 e. The van der Waals surface area contributed by atoms with Crippen molar-refractivity contribution in [3.8, 4) is 0 Å². The Morgan fingerprint density at radius 1 is 0.853 bits per heavy atom. The minimum atomic E-state index is 0.604. The van der Waals surface area contributed by atoms with E-state index < -0.39 is 0 Å². The number of aromatic nitrogens is 6. The first kappa shape index (κ1) is 20.6. The van der Waals surface area contributed by atoms with E-state index in [1.165, 1.54) is 0 Å². The fraction of sp³-hybridized carbons (Fsp3) is 0.154. The summed E-state index contributed by atoms with van der Waals surface area (Å²) < 4.78 is 4.03. The number of hydrogen-bond acceptors (Lipinski definition) is 5. The van der Waals surface area contributed by atoms with E-state index in [-0.39, 0.29) is 0 Å². The van der Waals surface area contributed by atoms with Crippen molar-refractivity contribution >= 4 is 45.1 Å². The van der Waals surface area contributed by atoms with Gasteiger partial charge in [-0.15, -0.1) is 5.10 Å². The van der Waals surface area contributed by atoms with Gasteiger partial charge in [0.05, 0.1) is 16.6 Å². The molecule has 0 aliphatic rings. The number of hydrogen-bond donors (Lipinski definition) is 1. The normalized spacial score (nSPS) is 11.6. The molecule has 0 saturated heterocycles. The number of aryl methyl sites for hydroxylation is 3. The first-order valence-corrected chi connectivity index (χ1v) is 11.6. The van der Waals surface area contributed by atoms with E-state index in [1.54, 1.807) is 0 Å². The first-order chi connectivity index (χ1) is 16.7. The molecule has 168 valence electrons. The van der Waals surface area contributed by atoms with Crippen LogP contribution in [0.5, 0.6) is 0 Å². The third-order valence-electron chi connectivity index (χ3n) is 5.99. The van der Waals surface area contributed by atoms with Gasteiger partial charge in [0.1, 0.15) is 5.82 Å². The summed E-state index contributed by atoms with van der Waals surface area (Å²) in [6.07, 6.45) is 0.688. The zero-order valence-corrected chi connectivity index (χ0v) is 19.4. The van der Waals surface area contributed by atoms with Gasteiger partial charge in [-0.05, 0) is 48.9 Å². The highest BCUT2D eigenvalue weighted by Gasteiger charge is 2.14. The molecule has 0 atom stereocenters. The average molecular weight is 468 g/mol. The van der Waals surface area contributed by atoms with Crippen LogP contribution in [0.1, 0.15) is 17.2 Å². The molecule has 1 N–H and O–H groups in total. The molecule has 0 aliphatic heterocycles. The van der Waals surface area contributed by atoms with Gasteiger partial charge in [0, 0.05) is 29.9 Å². The van der Waals surface area contributed by atoms with Crippen molar-refractivity contribution in [1.82, 2.24) is 29.1 Å². The fourth-order valence-corrected chi connectivity index (χ4v) is 4.42. The number of nitrogens with one attached hydrogen (secondary N) is 1. The molecular weight excluding hydrogens is 446 g/mol. The Hall–Kier alpha value is -3.97. The Kier molecular flexibility index (Phi) is 5.11. The third kappa shape index (κ3) is 3.74. The fourth-order valence-electron chi connectivity index (χ4n) is 4.29. The second-order valence-electron chi connectivity index (χ2n) is 8.25. The zero-order valence-electron chi connectivity index (χ0n) is 18.6. The van der Waals surface area contributed by atoms with Crippen LogP contribution in [0.4, 0.5) is 5.95 Å². The number of rotatable bonds is 6. The molecule has 0 radical (unpaired) electrons. The summed E-state index contributed by atoms with van der Waals surface area (Å²) in [5, 5.41) is 9.94. The molecule has 6 rings (SSSR count). The van der Waals surface area contributed by atoms with Crippen molar-refractivity contribution in [1.29, 1.82) is 0 Å². The number of benzene rings is 3. The van der Waals surface area contributed by atoms with Gasteiger partial charge in [-0.2, -0.15) is 4.52 Å². The van der Waals surface area contributed by atoms with E-state index in [0.29, 0.717) is 18.9 Å². The van der Waals surface area contributed by atoms with Gasteiger partial charge in [0.2, 0.25) is 5.95 Å². The lowest BCUT2D eigenvalue weighted by molar-refractivity contribution is 0.667. The number of fused-ring (bicyclic) bond motifs is 4. The van der Waals surface area contributed by atoms with Crippen LogP contribution in [0.3, 0.4) is 0 Å². The molecule has 0 saturated carbocycles. The molecule has 0 aliphatic carbocycles. The predicted octanol–water partition coefficient (Wildman–Crippen LogP) is 5.44. The molecule has 0 spiro atoms. The standard InChI is InChI=1S/C26H22ClN7/c1-17-29-22-8-4-5-9-23(22)33(17)15-14-24-31-25-20-6-2-3-7-21(20)30-26(34(25)32-24)28-16-18-10-12-19(27)13-11-18/h2-13H,14-16H2,1H3,(H,28,30). The molecule has 3 aromatic carbocycles. The lowest BCUT2D eigenvalue weighted by atomic mass is 10.2. The molecule has 0 amide bonds. The molecular formula is C26H22ClN7. The van der Waals surface area contributed by atoms with E-state index in [1.807, 2.05) is 78.2 Å². The van der Waals surface area contributed by atoms with E-state index in [2.05, 4.69) is 20.9 Å². The number of nitrogens with zero attached hydrogens (tertiary/aromatic N) is 6. The van der Waals surface area contributed by atoms with Gasteiger partial charge in [0.25, 0.3) is 0 Å². The van der Waals surface area contributed by atoms with Crippen LogP contribution in [0.25, 0.3) is 27.6 Å². The number of anilines is 1. The number of halogens is 1. The SMILES string of the molecule is Cc1nc2ccccc2n1CCc1nc2c3ccccc3nc(NCc3ccc(Cl)cc3)n2n1. The Balaban J connectivity index is 1.34. The van der Waals surface area contributed by atoms with Crippen LogP contribution in [0.2, 0.25) is 5.02 Å². The van der Waals surface area contributed by atoms with Crippen LogP contribution in [-0.2, 0) is 19.5 Å². The monoisotopic (exact) mass is 467 g/mol. The Labute approximate surface area is 201 Å². The summed E-state index contributed by atoms with van der Waals surface area (Å²) in [6, 6.07) is 24.0. The second kappa shape index (κ2) is 8.43. The third-order valence-corrected chi connectivity index (χ3v) is 6.24. The van der Waals surface area contributed by atoms with Gasteiger partial charge >= 0.3 is 0 Å². The highest BCUT2D eigenvalue weighted by atomic mass is 35.5. The highest BCUT2D eigenvalue weighted by Crippen LogP contribution is 2.22. The van der Waals surface area contributed by atoms with Crippen molar-refractivity contribution in [3.05, 3.63) is 95.0 Å². The zero-order chi connectivity index (χ0) is 23.1. The minimum absolute atomic E-state index is 0.604. The van der Waals surface area contributed by atoms with Crippen LogP contribution in [0, 0.1) is 6.92 Å². The van der Waals surface area contributed by atoms with Gasteiger partial charge < -0.3 is 9.88 Å². The summed E-state index contributed by atoms with van der Waals surface area (Å²) >= 11 is 6.02. The van der Waals surface area contributed by atoms with E-state index in [4.69, 9.17) is 26.7 Å². The van der Waals surface area contributed by atoms with Crippen LogP contribution in [0.15, 0.2) is 72.8 Å². The Morgan fingerprint density at radius 3 is 2.47 bits per heavy atom. The van der Waals surface area contributed by atoms with Crippen LogP contribution in [-0.4, -0.2) is 29.1 Å². The van der Waals surface area contributed by atoms with Crippen molar-refractivity contribution in [2.24, 2.45) is 0 Å². The predicted molar refractivity (Wildman–Crippen MR) is 135 cm³/mol. The number of imidazole rings is 1. The second-order valence-corrected chi connectivity index (χ2v) is 8.68. The highest BCUT2D eigenvalue weighted by molar-refractivity contribution is 6.30. The van der Waals surface area contributed by atoms with E-state index >= 15 is 0 Å². The topological polar surface area (TPSA) is 72.9 Å². The van der Waals surface area contributed by atoms with Gasteiger partial charge in [-0.1, -0.05) is 48.0 Å². The Morgan fingerprint density at radius 2 is 1.62 bits per heavy atom. The molecule has 3 heterocycles. The van der Waals surface area contributed by atoms with E-state index in [0.717, 1.165) is 56.4 Å². The number of para-hydroxylation sites is 3. The molecule has 3 aromatic heterocycles. The minimum Gasteiger partial charge on any atom is -0.350 e. The van der Waals surface area contributed by atoms with Crippen LogP contribution >= 0.6 is 11.6 Å². The van der Waals surface area contributed by atoms with Crippen molar-refractivity contribution in [2.45, 2.75) is 26.4 Å². The maximum atomic E-state index is 6.02. The summed E-state index contributed by atoms with van der Waals surface area (Å²) in [4.78, 5) is 14.4. The maximum absolute atomic E-state index is 6.02.